The molecule has 3 rings (SSSR count). The summed E-state index contributed by atoms with van der Waals surface area (Å²) in [7, 11) is 0. The van der Waals surface area contributed by atoms with Gasteiger partial charge in [-0.2, -0.15) is 0 Å². The third kappa shape index (κ3) is 3.40. The predicted octanol–water partition coefficient (Wildman–Crippen LogP) is 3.86. The van der Waals surface area contributed by atoms with Gasteiger partial charge in [0.1, 0.15) is 11.6 Å². The molecule has 0 spiro atoms. The molecule has 1 saturated heterocycles. The minimum absolute atomic E-state index is 0.268. The van der Waals surface area contributed by atoms with Crippen LogP contribution in [0.3, 0.4) is 0 Å². The number of rotatable bonds is 2. The largest absolute Gasteiger partial charge is 0.300 e. The molecule has 0 unspecified atom stereocenters. The van der Waals surface area contributed by atoms with Gasteiger partial charge in [-0.05, 0) is 59.8 Å². The van der Waals surface area contributed by atoms with Crippen LogP contribution >= 0.6 is 11.8 Å². The smallest absolute Gasteiger partial charge is 0.264 e. The van der Waals surface area contributed by atoms with Gasteiger partial charge < -0.3 is 5.32 Å². The Hall–Kier alpha value is -2.47. The molecule has 1 heterocycles. The van der Waals surface area contributed by atoms with E-state index in [9.17, 15) is 13.6 Å². The molecule has 3 nitrogen and oxygen atoms in total. The molecule has 1 N–H and O–H groups in total. The number of thioether (sulfide) groups is 1. The molecular formula is C16H10F2N2OS. The van der Waals surface area contributed by atoms with Gasteiger partial charge in [0.05, 0.1) is 10.6 Å². The summed E-state index contributed by atoms with van der Waals surface area (Å²) in [5, 5.41) is 3.06. The standard InChI is InChI=1S/C16H10F2N2OS/c17-11-3-1-10(2-4-11)9-14-15(21)20-16(22-14)19-13-7-5-12(18)6-8-13/h1-9H,(H,19,20,21). The molecule has 0 aromatic heterocycles. The number of nitrogens with one attached hydrogen (secondary N) is 1. The second kappa shape index (κ2) is 6.11. The van der Waals surface area contributed by atoms with Crippen LogP contribution in [-0.2, 0) is 4.79 Å². The number of nitrogens with zero attached hydrogens (tertiary/aromatic N) is 1. The summed E-state index contributed by atoms with van der Waals surface area (Å²) in [6.45, 7) is 0. The van der Waals surface area contributed by atoms with Gasteiger partial charge >= 0.3 is 0 Å². The Labute approximate surface area is 129 Å². The zero-order chi connectivity index (χ0) is 15.5. The lowest BCUT2D eigenvalue weighted by molar-refractivity contribution is -0.115. The van der Waals surface area contributed by atoms with Crippen LogP contribution in [0.1, 0.15) is 5.56 Å². The quantitative estimate of drug-likeness (QED) is 0.855. The lowest BCUT2D eigenvalue weighted by Crippen LogP contribution is -2.19. The molecule has 1 aliphatic rings. The van der Waals surface area contributed by atoms with Crippen molar-refractivity contribution in [1.29, 1.82) is 0 Å². The van der Waals surface area contributed by atoms with Crippen molar-refractivity contribution in [3.63, 3.8) is 0 Å². The van der Waals surface area contributed by atoms with Crippen LogP contribution in [0.15, 0.2) is 58.4 Å². The summed E-state index contributed by atoms with van der Waals surface area (Å²) in [5.74, 6) is -0.941. The number of hydrogen-bond acceptors (Lipinski definition) is 3. The van der Waals surface area contributed by atoms with Crippen molar-refractivity contribution in [1.82, 2.24) is 5.32 Å². The predicted molar refractivity (Wildman–Crippen MR) is 83.6 cm³/mol. The fourth-order valence-corrected chi connectivity index (χ4v) is 2.67. The van der Waals surface area contributed by atoms with E-state index in [-0.39, 0.29) is 17.5 Å². The number of carbonyl (C=O) groups excluding carboxylic acids is 1. The topological polar surface area (TPSA) is 41.5 Å². The number of halogens is 2. The van der Waals surface area contributed by atoms with Crippen LogP contribution in [0.5, 0.6) is 0 Å². The molecule has 22 heavy (non-hydrogen) atoms. The van der Waals surface area contributed by atoms with Crippen molar-refractivity contribution in [2.24, 2.45) is 4.99 Å². The number of hydrogen-bond donors (Lipinski definition) is 1. The van der Waals surface area contributed by atoms with Gasteiger partial charge in [0.25, 0.3) is 5.91 Å². The number of amides is 1. The molecule has 0 radical (unpaired) electrons. The zero-order valence-electron chi connectivity index (χ0n) is 11.2. The van der Waals surface area contributed by atoms with E-state index in [1.165, 1.54) is 48.2 Å². The monoisotopic (exact) mass is 316 g/mol. The molecule has 0 aliphatic carbocycles. The number of aliphatic imine (C=N–C) groups is 1. The van der Waals surface area contributed by atoms with Crippen molar-refractivity contribution in [3.8, 4) is 0 Å². The van der Waals surface area contributed by atoms with Crippen LogP contribution in [0, 0.1) is 11.6 Å². The first-order valence-electron chi connectivity index (χ1n) is 6.41. The summed E-state index contributed by atoms with van der Waals surface area (Å²) in [6.07, 6.45) is 1.66. The molecule has 1 fully saturated rings. The first-order valence-corrected chi connectivity index (χ1v) is 7.22. The third-order valence-corrected chi connectivity index (χ3v) is 3.79. The summed E-state index contributed by atoms with van der Waals surface area (Å²) in [4.78, 5) is 16.6. The summed E-state index contributed by atoms with van der Waals surface area (Å²) >= 11 is 1.18. The number of amidine groups is 1. The second-order valence-electron chi connectivity index (χ2n) is 4.51. The molecule has 1 aliphatic heterocycles. The van der Waals surface area contributed by atoms with Gasteiger partial charge in [-0.3, -0.25) is 4.79 Å². The number of benzene rings is 2. The highest BCUT2D eigenvalue weighted by molar-refractivity contribution is 8.18. The van der Waals surface area contributed by atoms with Crippen LogP contribution < -0.4 is 5.32 Å². The van der Waals surface area contributed by atoms with Crippen LogP contribution in [0.25, 0.3) is 6.08 Å². The molecule has 2 aromatic carbocycles. The molecular weight excluding hydrogens is 306 g/mol. The van der Waals surface area contributed by atoms with Gasteiger partial charge in [0.15, 0.2) is 5.17 Å². The molecule has 110 valence electrons. The Morgan fingerprint density at radius 2 is 1.55 bits per heavy atom. The zero-order valence-corrected chi connectivity index (χ0v) is 12.0. The summed E-state index contributed by atoms with van der Waals surface area (Å²) < 4.78 is 25.7. The first-order chi connectivity index (χ1) is 10.6. The molecule has 6 heteroatoms. The third-order valence-electron chi connectivity index (χ3n) is 2.88. The van der Waals surface area contributed by atoms with Gasteiger partial charge in [-0.15, -0.1) is 0 Å². The lowest BCUT2D eigenvalue weighted by atomic mass is 10.2. The van der Waals surface area contributed by atoms with Gasteiger partial charge in [-0.25, -0.2) is 13.8 Å². The van der Waals surface area contributed by atoms with Crippen molar-refractivity contribution in [2.45, 2.75) is 0 Å². The Morgan fingerprint density at radius 3 is 2.18 bits per heavy atom. The first kappa shape index (κ1) is 14.5. The van der Waals surface area contributed by atoms with Crippen LogP contribution in [0.2, 0.25) is 0 Å². The SMILES string of the molecule is O=C1NC(=Nc2ccc(F)cc2)SC1=Cc1ccc(F)cc1. The molecule has 0 saturated carbocycles. The fraction of sp³-hybridized carbons (Fsp3) is 0. The number of carbonyl (C=O) groups is 1. The highest BCUT2D eigenvalue weighted by Gasteiger charge is 2.23. The normalized spacial score (nSPS) is 18.0. The lowest BCUT2D eigenvalue weighted by Gasteiger charge is -1.96. The van der Waals surface area contributed by atoms with E-state index in [1.807, 2.05) is 0 Å². The average Bonchev–Trinajstić information content (AvgIpc) is 2.84. The summed E-state index contributed by atoms with van der Waals surface area (Å²) in [5.41, 5.74) is 1.27. The van der Waals surface area contributed by atoms with Crippen LogP contribution in [0.4, 0.5) is 14.5 Å². The second-order valence-corrected chi connectivity index (χ2v) is 5.54. The maximum absolute atomic E-state index is 12.9. The maximum Gasteiger partial charge on any atom is 0.264 e. The molecule has 0 atom stereocenters. The highest BCUT2D eigenvalue weighted by atomic mass is 32.2. The molecule has 2 aromatic rings. The van der Waals surface area contributed by atoms with E-state index in [1.54, 1.807) is 18.2 Å². The fourth-order valence-electron chi connectivity index (χ4n) is 1.82. The molecule has 1 amide bonds. The minimum atomic E-state index is -0.344. The van der Waals surface area contributed by atoms with E-state index in [2.05, 4.69) is 10.3 Å². The van der Waals surface area contributed by atoms with Crippen molar-refractivity contribution >= 4 is 34.6 Å². The Balaban J connectivity index is 1.80. The van der Waals surface area contributed by atoms with Crippen LogP contribution in [-0.4, -0.2) is 11.1 Å². The highest BCUT2D eigenvalue weighted by Crippen LogP contribution is 2.28. The van der Waals surface area contributed by atoms with Gasteiger partial charge in [-0.1, -0.05) is 12.1 Å². The average molecular weight is 316 g/mol. The Morgan fingerprint density at radius 1 is 0.955 bits per heavy atom. The van der Waals surface area contributed by atoms with E-state index < -0.39 is 0 Å². The van der Waals surface area contributed by atoms with Crippen molar-refractivity contribution in [2.75, 3.05) is 0 Å². The van der Waals surface area contributed by atoms with E-state index in [0.717, 1.165) is 5.56 Å². The van der Waals surface area contributed by atoms with Gasteiger partial charge in [0.2, 0.25) is 0 Å². The Kier molecular flexibility index (Phi) is 4.02. The molecule has 0 bridgehead atoms. The van der Waals surface area contributed by atoms with Crippen molar-refractivity contribution < 1.29 is 13.6 Å². The van der Waals surface area contributed by atoms with Crippen molar-refractivity contribution in [3.05, 3.63) is 70.6 Å². The van der Waals surface area contributed by atoms with E-state index in [4.69, 9.17) is 0 Å². The van der Waals surface area contributed by atoms with E-state index >= 15 is 0 Å². The van der Waals surface area contributed by atoms with E-state index in [0.29, 0.717) is 15.8 Å². The van der Waals surface area contributed by atoms with Gasteiger partial charge in [0, 0.05) is 0 Å². The Bertz CT molecular complexity index is 768. The maximum atomic E-state index is 12.9. The summed E-state index contributed by atoms with van der Waals surface area (Å²) in [6, 6.07) is 11.5. The minimum Gasteiger partial charge on any atom is -0.300 e.